The third kappa shape index (κ3) is 2.30. The van der Waals surface area contributed by atoms with Crippen LogP contribution in [0.4, 0.5) is 15.3 Å². The van der Waals surface area contributed by atoms with Gasteiger partial charge in [0.2, 0.25) is 5.91 Å². The second-order valence-electron chi connectivity index (χ2n) is 3.51. The van der Waals surface area contributed by atoms with Crippen molar-refractivity contribution in [3.63, 3.8) is 0 Å². The van der Waals surface area contributed by atoms with E-state index in [0.29, 0.717) is 11.4 Å². The molecule has 1 aromatic rings. The number of anilines is 1. The van der Waals surface area contributed by atoms with Gasteiger partial charge in [0.15, 0.2) is 0 Å². The quantitative estimate of drug-likeness (QED) is 0.788. The van der Waals surface area contributed by atoms with Gasteiger partial charge in [0.1, 0.15) is 0 Å². The Balaban J connectivity index is 2.35. The predicted molar refractivity (Wildman–Crippen MR) is 66.3 cm³/mol. The maximum Gasteiger partial charge on any atom is 0.422 e. The molecule has 6 nitrogen and oxygen atoms in total. The molecule has 0 aliphatic carbocycles. The zero-order valence-electron chi connectivity index (χ0n) is 9.28. The fourth-order valence-electron chi connectivity index (χ4n) is 1.53. The molecule has 7 heteroatoms. The average Bonchev–Trinajstić information content (AvgIpc) is 2.49. The lowest BCUT2D eigenvalue weighted by molar-refractivity contribution is -0.125. The van der Waals surface area contributed by atoms with Crippen LogP contribution in [0.25, 0.3) is 0 Å². The summed E-state index contributed by atoms with van der Waals surface area (Å²) >= 11 is 1.13. The van der Waals surface area contributed by atoms with Crippen molar-refractivity contribution in [3.05, 3.63) is 30.3 Å². The Labute approximate surface area is 107 Å². The number of imide groups is 3. The maximum atomic E-state index is 12.0. The van der Waals surface area contributed by atoms with Crippen LogP contribution in [0.2, 0.25) is 0 Å². The van der Waals surface area contributed by atoms with Crippen LogP contribution >= 0.6 is 11.9 Å². The molecule has 1 heterocycles. The predicted octanol–water partition coefficient (Wildman–Crippen LogP) is 2.17. The minimum Gasteiger partial charge on any atom is -0.464 e. The van der Waals surface area contributed by atoms with E-state index in [2.05, 4.69) is 0 Å². The molecule has 2 rings (SSSR count). The maximum absolute atomic E-state index is 12.0. The molecule has 0 unspecified atom stereocenters. The molecule has 1 aliphatic heterocycles. The van der Waals surface area contributed by atoms with Gasteiger partial charge in [-0.3, -0.25) is 4.79 Å². The molecule has 0 bridgehead atoms. The van der Waals surface area contributed by atoms with Gasteiger partial charge >= 0.3 is 12.1 Å². The van der Waals surface area contributed by atoms with Crippen LogP contribution in [0, 0.1) is 0 Å². The highest BCUT2D eigenvalue weighted by atomic mass is 32.2. The van der Waals surface area contributed by atoms with Gasteiger partial charge in [0.25, 0.3) is 0 Å². The molecule has 94 valence electrons. The number of rotatable bonds is 1. The Bertz CT molecular complexity index is 491. The van der Waals surface area contributed by atoms with Crippen LogP contribution in [-0.2, 0) is 4.79 Å². The van der Waals surface area contributed by atoms with Crippen molar-refractivity contribution in [2.75, 3.05) is 10.1 Å². The summed E-state index contributed by atoms with van der Waals surface area (Å²) in [4.78, 5) is 34.8. The van der Waals surface area contributed by atoms with Crippen LogP contribution in [0.1, 0.15) is 6.42 Å². The Morgan fingerprint density at radius 1 is 1.22 bits per heavy atom. The number of amides is 4. The lowest BCUT2D eigenvalue weighted by Gasteiger charge is -2.21. The monoisotopic (exact) mass is 266 g/mol. The molecule has 1 fully saturated rings. The molecule has 0 atom stereocenters. The third-order valence-corrected chi connectivity index (χ3v) is 3.34. The Kier molecular flexibility index (Phi) is 3.52. The van der Waals surface area contributed by atoms with Gasteiger partial charge in [-0.1, -0.05) is 18.2 Å². The van der Waals surface area contributed by atoms with Crippen molar-refractivity contribution < 1.29 is 19.5 Å². The number of nitrogens with zero attached hydrogens (tertiary/aromatic N) is 2. The first-order chi connectivity index (χ1) is 8.61. The van der Waals surface area contributed by atoms with Crippen molar-refractivity contribution in [2.45, 2.75) is 6.42 Å². The Morgan fingerprint density at radius 2 is 1.89 bits per heavy atom. The zero-order valence-corrected chi connectivity index (χ0v) is 10.1. The second-order valence-corrected chi connectivity index (χ2v) is 4.54. The van der Waals surface area contributed by atoms with E-state index in [-0.39, 0.29) is 11.3 Å². The molecule has 1 saturated heterocycles. The van der Waals surface area contributed by atoms with Crippen molar-refractivity contribution in [1.82, 2.24) is 4.90 Å². The highest BCUT2D eigenvalue weighted by Crippen LogP contribution is 2.27. The Hall–Kier alpha value is -2.02. The lowest BCUT2D eigenvalue weighted by Crippen LogP contribution is -2.45. The fraction of sp³-hybridized carbons (Fsp3) is 0.182. The number of carbonyl (C=O) groups is 3. The molecule has 1 aromatic carbocycles. The molecular weight excluding hydrogens is 256 g/mol. The molecule has 0 radical (unpaired) electrons. The first-order valence-electron chi connectivity index (χ1n) is 5.19. The number of benzene rings is 1. The number of para-hydroxylation sites is 1. The molecule has 1 N–H and O–H groups in total. The van der Waals surface area contributed by atoms with Gasteiger partial charge in [0.05, 0.1) is 5.69 Å². The summed E-state index contributed by atoms with van der Waals surface area (Å²) in [5.41, 5.74) is 0.549. The average molecular weight is 266 g/mol. The number of urea groups is 1. The van der Waals surface area contributed by atoms with Crippen molar-refractivity contribution in [1.29, 1.82) is 0 Å². The van der Waals surface area contributed by atoms with Gasteiger partial charge in [-0.05, 0) is 24.1 Å². The zero-order chi connectivity index (χ0) is 13.1. The molecule has 1 aliphatic rings. The molecule has 18 heavy (non-hydrogen) atoms. The minimum atomic E-state index is -1.55. The van der Waals surface area contributed by atoms with Gasteiger partial charge in [-0.15, -0.1) is 0 Å². The fourth-order valence-corrected chi connectivity index (χ4v) is 2.44. The summed E-state index contributed by atoms with van der Waals surface area (Å²) in [5, 5.41) is 8.92. The van der Waals surface area contributed by atoms with E-state index in [1.807, 2.05) is 0 Å². The molecule has 4 amide bonds. The van der Waals surface area contributed by atoms with E-state index in [1.54, 1.807) is 30.3 Å². The first kappa shape index (κ1) is 12.4. The van der Waals surface area contributed by atoms with Gasteiger partial charge in [-0.2, -0.15) is 4.90 Å². The summed E-state index contributed by atoms with van der Waals surface area (Å²) in [5.74, 6) is -0.332. The van der Waals surface area contributed by atoms with Gasteiger partial charge in [-0.25, -0.2) is 13.9 Å². The normalized spacial score (nSPS) is 16.7. The van der Waals surface area contributed by atoms with E-state index >= 15 is 0 Å². The van der Waals surface area contributed by atoms with Crippen molar-refractivity contribution in [3.8, 4) is 0 Å². The van der Waals surface area contributed by atoms with E-state index in [4.69, 9.17) is 5.11 Å². The van der Waals surface area contributed by atoms with Gasteiger partial charge < -0.3 is 5.11 Å². The highest BCUT2D eigenvalue weighted by molar-refractivity contribution is 8.01. The first-order valence-corrected chi connectivity index (χ1v) is 6.13. The smallest absolute Gasteiger partial charge is 0.422 e. The van der Waals surface area contributed by atoms with E-state index in [9.17, 15) is 14.4 Å². The molecule has 0 saturated carbocycles. The molecular formula is C11H10N2O4S. The van der Waals surface area contributed by atoms with Crippen molar-refractivity contribution >= 4 is 35.7 Å². The van der Waals surface area contributed by atoms with Crippen LogP contribution < -0.4 is 4.31 Å². The van der Waals surface area contributed by atoms with E-state index < -0.39 is 18.0 Å². The SMILES string of the molecule is O=C(O)N1C(=O)CCSN(c2ccccc2)C1=O. The van der Waals surface area contributed by atoms with Crippen LogP contribution in [-0.4, -0.2) is 33.8 Å². The third-order valence-electron chi connectivity index (χ3n) is 2.33. The second kappa shape index (κ2) is 5.09. The Morgan fingerprint density at radius 3 is 2.50 bits per heavy atom. The largest absolute Gasteiger partial charge is 0.464 e. The molecule has 0 spiro atoms. The number of carbonyl (C=O) groups excluding carboxylic acids is 2. The van der Waals surface area contributed by atoms with E-state index in [1.165, 1.54) is 4.31 Å². The van der Waals surface area contributed by atoms with Crippen molar-refractivity contribution in [2.24, 2.45) is 0 Å². The topological polar surface area (TPSA) is 77.9 Å². The summed E-state index contributed by atoms with van der Waals surface area (Å²) in [6.07, 6.45) is -1.53. The van der Waals surface area contributed by atoms with Crippen LogP contribution in [0.5, 0.6) is 0 Å². The molecule has 0 aromatic heterocycles. The highest BCUT2D eigenvalue weighted by Gasteiger charge is 2.35. The number of carboxylic acid groups (broad SMARTS) is 1. The lowest BCUT2D eigenvalue weighted by atomic mass is 10.3. The van der Waals surface area contributed by atoms with Crippen LogP contribution in [0.3, 0.4) is 0 Å². The van der Waals surface area contributed by atoms with Gasteiger partial charge in [0, 0.05) is 12.2 Å². The van der Waals surface area contributed by atoms with E-state index in [0.717, 1.165) is 11.9 Å². The summed E-state index contributed by atoms with van der Waals surface area (Å²) in [7, 11) is 0. The summed E-state index contributed by atoms with van der Waals surface area (Å²) in [6.45, 7) is 0. The standard InChI is InChI=1S/C11H10N2O4S/c14-9-6-7-18-13(8-4-2-1-3-5-8)10(15)12(9)11(16)17/h1-5H,6-7H2,(H,16,17). The number of hydrogen-bond acceptors (Lipinski definition) is 4. The van der Waals surface area contributed by atoms with Crippen LogP contribution in [0.15, 0.2) is 30.3 Å². The minimum absolute atomic E-state index is 0.0199. The summed E-state index contributed by atoms with van der Waals surface area (Å²) < 4.78 is 1.22. The number of hydrogen-bond donors (Lipinski definition) is 1. The summed E-state index contributed by atoms with van der Waals surface area (Å²) in [6, 6.07) is 7.78.